The van der Waals surface area contributed by atoms with Crippen LogP contribution in [0.3, 0.4) is 0 Å². The second kappa shape index (κ2) is 6.03. The molecule has 1 atom stereocenters. The minimum Gasteiger partial charge on any atom is -0.465 e. The van der Waals surface area contributed by atoms with Crippen LogP contribution in [0.15, 0.2) is 16.5 Å². The molecule has 1 unspecified atom stereocenters. The number of nitrogens with two attached hydrogens (primary N) is 1. The van der Waals surface area contributed by atoms with Crippen LogP contribution in [0.4, 0.5) is 0 Å². The smallest absolute Gasteiger partial charge is 0.122 e. The van der Waals surface area contributed by atoms with Gasteiger partial charge in [-0.05, 0) is 40.2 Å². The highest BCUT2D eigenvalue weighted by Crippen LogP contribution is 2.20. The number of aryl methyl sites for hydroxylation is 1. The van der Waals surface area contributed by atoms with Crippen LogP contribution in [0.2, 0.25) is 0 Å². The zero-order chi connectivity index (χ0) is 12.1. The zero-order valence-electron chi connectivity index (χ0n) is 10.7. The van der Waals surface area contributed by atoms with E-state index in [1.54, 1.807) is 0 Å². The Kier molecular flexibility index (Phi) is 4.99. The van der Waals surface area contributed by atoms with Gasteiger partial charge in [-0.3, -0.25) is 4.90 Å². The Morgan fingerprint density at radius 2 is 1.94 bits per heavy atom. The number of likely N-dealkylation sites (N-methyl/N-ethyl adjacent to an activating group) is 2. The van der Waals surface area contributed by atoms with Crippen LogP contribution >= 0.6 is 0 Å². The molecule has 0 bridgehead atoms. The molecule has 4 heteroatoms. The molecule has 0 aliphatic carbocycles. The van der Waals surface area contributed by atoms with E-state index < -0.39 is 0 Å². The second-order valence-electron chi connectivity index (χ2n) is 4.48. The van der Waals surface area contributed by atoms with Gasteiger partial charge in [-0.15, -0.1) is 0 Å². The number of rotatable bonds is 6. The van der Waals surface area contributed by atoms with Crippen molar-refractivity contribution in [1.82, 2.24) is 9.80 Å². The van der Waals surface area contributed by atoms with E-state index in [1.807, 2.05) is 19.1 Å². The molecule has 1 rings (SSSR count). The summed E-state index contributed by atoms with van der Waals surface area (Å²) in [4.78, 5) is 4.40. The molecule has 0 spiro atoms. The van der Waals surface area contributed by atoms with E-state index in [0.29, 0.717) is 6.54 Å². The van der Waals surface area contributed by atoms with Gasteiger partial charge in [0.15, 0.2) is 0 Å². The van der Waals surface area contributed by atoms with Gasteiger partial charge in [-0.25, -0.2) is 0 Å². The van der Waals surface area contributed by atoms with Gasteiger partial charge >= 0.3 is 0 Å². The average molecular weight is 225 g/mol. The van der Waals surface area contributed by atoms with Crippen molar-refractivity contribution in [2.45, 2.75) is 13.0 Å². The number of hydrogen-bond donors (Lipinski definition) is 1. The topological polar surface area (TPSA) is 45.6 Å². The summed E-state index contributed by atoms with van der Waals surface area (Å²) in [6.07, 6.45) is 0. The lowest BCUT2D eigenvalue weighted by Gasteiger charge is -2.26. The van der Waals surface area contributed by atoms with E-state index in [0.717, 1.165) is 24.6 Å². The summed E-state index contributed by atoms with van der Waals surface area (Å²) in [7, 11) is 6.23. The maximum absolute atomic E-state index is 5.81. The monoisotopic (exact) mass is 225 g/mol. The summed E-state index contributed by atoms with van der Waals surface area (Å²) in [5, 5.41) is 0. The minimum atomic E-state index is 0.175. The fourth-order valence-electron chi connectivity index (χ4n) is 1.66. The van der Waals surface area contributed by atoms with Crippen molar-refractivity contribution in [3.8, 4) is 0 Å². The Hall–Kier alpha value is -0.840. The van der Waals surface area contributed by atoms with Crippen LogP contribution in [0.25, 0.3) is 0 Å². The second-order valence-corrected chi connectivity index (χ2v) is 4.48. The molecule has 0 aliphatic heterocycles. The summed E-state index contributed by atoms with van der Waals surface area (Å²) >= 11 is 0. The standard InChI is InChI=1S/C12H23N3O/c1-10-5-6-12(16-10)11(9-13)15(4)8-7-14(2)3/h5-6,11H,7-9,13H2,1-4H3. The van der Waals surface area contributed by atoms with Crippen LogP contribution in [0.1, 0.15) is 17.6 Å². The molecule has 16 heavy (non-hydrogen) atoms. The molecule has 0 aliphatic rings. The van der Waals surface area contributed by atoms with E-state index >= 15 is 0 Å². The fraction of sp³-hybridized carbons (Fsp3) is 0.667. The first kappa shape index (κ1) is 13.2. The largest absolute Gasteiger partial charge is 0.465 e. The van der Waals surface area contributed by atoms with Gasteiger partial charge < -0.3 is 15.1 Å². The van der Waals surface area contributed by atoms with Crippen LogP contribution < -0.4 is 5.73 Å². The van der Waals surface area contributed by atoms with Gasteiger partial charge in [0.05, 0.1) is 6.04 Å². The normalized spacial score (nSPS) is 13.7. The van der Waals surface area contributed by atoms with E-state index in [4.69, 9.17) is 10.2 Å². The molecule has 1 aromatic heterocycles. The van der Waals surface area contributed by atoms with Gasteiger partial charge in [0.25, 0.3) is 0 Å². The van der Waals surface area contributed by atoms with E-state index in [1.165, 1.54) is 0 Å². The quantitative estimate of drug-likeness (QED) is 0.787. The third-order valence-corrected chi connectivity index (χ3v) is 2.74. The summed E-state index contributed by atoms with van der Waals surface area (Å²) in [6.45, 7) is 4.54. The van der Waals surface area contributed by atoms with E-state index in [-0.39, 0.29) is 6.04 Å². The zero-order valence-corrected chi connectivity index (χ0v) is 10.7. The molecule has 2 N–H and O–H groups in total. The van der Waals surface area contributed by atoms with Crippen LogP contribution in [0.5, 0.6) is 0 Å². The van der Waals surface area contributed by atoms with Crippen molar-refractivity contribution in [2.75, 3.05) is 40.8 Å². The average Bonchev–Trinajstić information content (AvgIpc) is 2.63. The summed E-state index contributed by atoms with van der Waals surface area (Å²) in [5.74, 6) is 1.90. The lowest BCUT2D eigenvalue weighted by atomic mass is 10.2. The van der Waals surface area contributed by atoms with E-state index in [2.05, 4.69) is 30.9 Å². The van der Waals surface area contributed by atoms with Gasteiger partial charge in [-0.1, -0.05) is 0 Å². The molecule has 0 amide bonds. The number of hydrogen-bond acceptors (Lipinski definition) is 4. The van der Waals surface area contributed by atoms with Crippen molar-refractivity contribution < 1.29 is 4.42 Å². The third kappa shape index (κ3) is 3.63. The lowest BCUT2D eigenvalue weighted by molar-refractivity contribution is 0.199. The fourth-order valence-corrected chi connectivity index (χ4v) is 1.66. The molecule has 1 heterocycles. The first-order valence-corrected chi connectivity index (χ1v) is 5.66. The SMILES string of the molecule is Cc1ccc(C(CN)N(C)CCN(C)C)o1. The van der Waals surface area contributed by atoms with Gasteiger partial charge in [0, 0.05) is 19.6 Å². The summed E-state index contributed by atoms with van der Waals surface area (Å²) < 4.78 is 5.63. The Morgan fingerprint density at radius 3 is 2.38 bits per heavy atom. The first-order valence-electron chi connectivity index (χ1n) is 5.66. The summed E-state index contributed by atoms with van der Waals surface area (Å²) in [6, 6.07) is 4.17. The predicted octanol–water partition coefficient (Wildman–Crippen LogP) is 1.08. The maximum atomic E-state index is 5.81. The number of nitrogens with zero attached hydrogens (tertiary/aromatic N) is 2. The molecular weight excluding hydrogens is 202 g/mol. The Bertz CT molecular complexity index is 309. The van der Waals surface area contributed by atoms with Gasteiger partial charge in [-0.2, -0.15) is 0 Å². The van der Waals surface area contributed by atoms with Crippen molar-refractivity contribution >= 4 is 0 Å². The highest BCUT2D eigenvalue weighted by Gasteiger charge is 2.18. The van der Waals surface area contributed by atoms with Crippen LogP contribution in [-0.2, 0) is 0 Å². The van der Waals surface area contributed by atoms with Crippen LogP contribution in [-0.4, -0.2) is 50.6 Å². The van der Waals surface area contributed by atoms with E-state index in [9.17, 15) is 0 Å². The molecule has 92 valence electrons. The van der Waals surface area contributed by atoms with Gasteiger partial charge in [0.2, 0.25) is 0 Å². The molecule has 0 fully saturated rings. The van der Waals surface area contributed by atoms with Crippen molar-refractivity contribution in [1.29, 1.82) is 0 Å². The summed E-state index contributed by atoms with van der Waals surface area (Å²) in [5.41, 5.74) is 5.81. The molecular formula is C12H23N3O. The Labute approximate surface area is 98.0 Å². The Morgan fingerprint density at radius 1 is 1.25 bits per heavy atom. The molecule has 1 aromatic rings. The van der Waals surface area contributed by atoms with Crippen molar-refractivity contribution in [2.24, 2.45) is 5.73 Å². The van der Waals surface area contributed by atoms with Crippen molar-refractivity contribution in [3.05, 3.63) is 23.7 Å². The highest BCUT2D eigenvalue weighted by molar-refractivity contribution is 5.10. The molecule has 4 nitrogen and oxygen atoms in total. The molecule has 0 saturated heterocycles. The number of furan rings is 1. The molecule has 0 saturated carbocycles. The molecule has 0 radical (unpaired) electrons. The maximum Gasteiger partial charge on any atom is 0.122 e. The third-order valence-electron chi connectivity index (χ3n) is 2.74. The Balaban J connectivity index is 2.59. The minimum absolute atomic E-state index is 0.175. The lowest BCUT2D eigenvalue weighted by Crippen LogP contribution is -2.35. The van der Waals surface area contributed by atoms with Crippen LogP contribution in [0, 0.1) is 6.92 Å². The van der Waals surface area contributed by atoms with Crippen molar-refractivity contribution in [3.63, 3.8) is 0 Å². The predicted molar refractivity (Wildman–Crippen MR) is 66.4 cm³/mol. The molecule has 0 aromatic carbocycles. The first-order chi connectivity index (χ1) is 7.54. The highest BCUT2D eigenvalue weighted by atomic mass is 16.3. The van der Waals surface area contributed by atoms with Gasteiger partial charge in [0.1, 0.15) is 11.5 Å².